The van der Waals surface area contributed by atoms with Crippen LogP contribution < -0.4 is 5.32 Å². The number of benzene rings is 1. The zero-order valence-electron chi connectivity index (χ0n) is 10.0. The SMILES string of the molecule is CCN(Cc1cc(C)ccc1O)C1CNC1. The summed E-state index contributed by atoms with van der Waals surface area (Å²) in [4.78, 5) is 2.41. The summed E-state index contributed by atoms with van der Waals surface area (Å²) in [5.74, 6) is 0.413. The van der Waals surface area contributed by atoms with Crippen LogP contribution in [0.2, 0.25) is 0 Å². The van der Waals surface area contributed by atoms with Crippen LogP contribution in [0.4, 0.5) is 0 Å². The molecule has 0 saturated carbocycles. The second-order valence-electron chi connectivity index (χ2n) is 4.51. The number of hydrogen-bond donors (Lipinski definition) is 2. The normalized spacial score (nSPS) is 16.4. The van der Waals surface area contributed by atoms with Crippen LogP contribution in [0.15, 0.2) is 18.2 Å². The van der Waals surface area contributed by atoms with Gasteiger partial charge in [0.2, 0.25) is 0 Å². The van der Waals surface area contributed by atoms with Crippen LogP contribution in [-0.2, 0) is 6.54 Å². The van der Waals surface area contributed by atoms with Crippen molar-refractivity contribution in [2.45, 2.75) is 26.4 Å². The van der Waals surface area contributed by atoms with E-state index in [1.807, 2.05) is 6.07 Å². The molecule has 3 heteroatoms. The first-order chi connectivity index (χ1) is 7.70. The van der Waals surface area contributed by atoms with Crippen molar-refractivity contribution in [3.63, 3.8) is 0 Å². The fourth-order valence-electron chi connectivity index (χ4n) is 2.09. The van der Waals surface area contributed by atoms with Gasteiger partial charge < -0.3 is 10.4 Å². The number of phenols is 1. The van der Waals surface area contributed by atoms with Gasteiger partial charge in [-0.3, -0.25) is 4.90 Å². The summed E-state index contributed by atoms with van der Waals surface area (Å²) in [7, 11) is 0. The summed E-state index contributed by atoms with van der Waals surface area (Å²) in [6.07, 6.45) is 0. The zero-order chi connectivity index (χ0) is 11.5. The molecular weight excluding hydrogens is 200 g/mol. The number of likely N-dealkylation sites (N-methyl/N-ethyl adjacent to an activating group) is 1. The summed E-state index contributed by atoms with van der Waals surface area (Å²) in [6.45, 7) is 8.24. The first-order valence-corrected chi connectivity index (χ1v) is 5.94. The predicted molar refractivity (Wildman–Crippen MR) is 65.6 cm³/mol. The van der Waals surface area contributed by atoms with Crippen LogP contribution in [0.25, 0.3) is 0 Å². The molecule has 88 valence electrons. The standard InChI is InChI=1S/C13H20N2O/c1-3-15(12-7-14-8-12)9-11-6-10(2)4-5-13(11)16/h4-6,12,14,16H,3,7-9H2,1-2H3. The highest BCUT2D eigenvalue weighted by atomic mass is 16.3. The number of hydrogen-bond acceptors (Lipinski definition) is 3. The molecule has 16 heavy (non-hydrogen) atoms. The summed E-state index contributed by atoms with van der Waals surface area (Å²) in [5.41, 5.74) is 2.24. The molecule has 0 spiro atoms. The topological polar surface area (TPSA) is 35.5 Å². The minimum Gasteiger partial charge on any atom is -0.508 e. The second-order valence-corrected chi connectivity index (χ2v) is 4.51. The number of phenolic OH excluding ortho intramolecular Hbond substituents is 1. The van der Waals surface area contributed by atoms with Crippen LogP contribution in [-0.4, -0.2) is 35.7 Å². The van der Waals surface area contributed by atoms with Crippen LogP contribution in [0.3, 0.4) is 0 Å². The minimum atomic E-state index is 0.413. The van der Waals surface area contributed by atoms with Gasteiger partial charge in [-0.05, 0) is 19.5 Å². The van der Waals surface area contributed by atoms with Gasteiger partial charge in [0.15, 0.2) is 0 Å². The lowest BCUT2D eigenvalue weighted by molar-refractivity contribution is 0.144. The Labute approximate surface area is 97.1 Å². The van der Waals surface area contributed by atoms with E-state index in [-0.39, 0.29) is 0 Å². The molecule has 0 unspecified atom stereocenters. The highest BCUT2D eigenvalue weighted by Gasteiger charge is 2.23. The Bertz CT molecular complexity index is 361. The van der Waals surface area contributed by atoms with E-state index >= 15 is 0 Å². The monoisotopic (exact) mass is 220 g/mol. The molecule has 2 rings (SSSR count). The van der Waals surface area contributed by atoms with Crippen LogP contribution >= 0.6 is 0 Å². The molecule has 3 nitrogen and oxygen atoms in total. The van der Waals surface area contributed by atoms with Gasteiger partial charge in [-0.15, -0.1) is 0 Å². The van der Waals surface area contributed by atoms with Gasteiger partial charge in [0.1, 0.15) is 5.75 Å². The smallest absolute Gasteiger partial charge is 0.120 e. The second kappa shape index (κ2) is 4.85. The van der Waals surface area contributed by atoms with Crippen molar-refractivity contribution >= 4 is 0 Å². The van der Waals surface area contributed by atoms with E-state index in [0.717, 1.165) is 31.7 Å². The Hall–Kier alpha value is -1.06. The van der Waals surface area contributed by atoms with Gasteiger partial charge >= 0.3 is 0 Å². The van der Waals surface area contributed by atoms with Gasteiger partial charge in [0.05, 0.1) is 0 Å². The van der Waals surface area contributed by atoms with E-state index in [1.165, 1.54) is 5.56 Å². The Morgan fingerprint density at radius 1 is 1.44 bits per heavy atom. The average molecular weight is 220 g/mol. The van der Waals surface area contributed by atoms with Gasteiger partial charge in [0, 0.05) is 31.2 Å². The molecular formula is C13H20N2O. The number of nitrogens with zero attached hydrogens (tertiary/aromatic N) is 1. The van der Waals surface area contributed by atoms with E-state index in [1.54, 1.807) is 6.07 Å². The maximum Gasteiger partial charge on any atom is 0.120 e. The highest BCUT2D eigenvalue weighted by Crippen LogP contribution is 2.21. The first-order valence-electron chi connectivity index (χ1n) is 5.94. The molecule has 1 aromatic carbocycles. The number of rotatable bonds is 4. The molecule has 1 aliphatic rings. The Balaban J connectivity index is 2.08. The molecule has 0 atom stereocenters. The average Bonchev–Trinajstić information content (AvgIpc) is 2.19. The minimum absolute atomic E-state index is 0.413. The maximum atomic E-state index is 9.81. The van der Waals surface area contributed by atoms with E-state index in [4.69, 9.17) is 0 Å². The largest absolute Gasteiger partial charge is 0.508 e. The third kappa shape index (κ3) is 2.36. The lowest BCUT2D eigenvalue weighted by Gasteiger charge is -2.37. The Morgan fingerprint density at radius 3 is 2.75 bits per heavy atom. The molecule has 1 saturated heterocycles. The van der Waals surface area contributed by atoms with Crippen LogP contribution in [0, 0.1) is 6.92 Å². The van der Waals surface area contributed by atoms with Gasteiger partial charge in [0.25, 0.3) is 0 Å². The molecule has 0 aromatic heterocycles. The molecule has 0 aliphatic carbocycles. The summed E-state index contributed by atoms with van der Waals surface area (Å²) >= 11 is 0. The van der Waals surface area contributed by atoms with Crippen molar-refractivity contribution < 1.29 is 5.11 Å². The van der Waals surface area contributed by atoms with Gasteiger partial charge in [-0.1, -0.05) is 24.6 Å². The lowest BCUT2D eigenvalue weighted by atomic mass is 10.1. The number of aromatic hydroxyl groups is 1. The quantitative estimate of drug-likeness (QED) is 0.807. The van der Waals surface area contributed by atoms with Crippen molar-refractivity contribution in [1.29, 1.82) is 0 Å². The Kier molecular flexibility index (Phi) is 3.46. The van der Waals surface area contributed by atoms with Crippen molar-refractivity contribution in [3.05, 3.63) is 29.3 Å². The molecule has 2 N–H and O–H groups in total. The fraction of sp³-hybridized carbons (Fsp3) is 0.538. The summed E-state index contributed by atoms with van der Waals surface area (Å²) in [6, 6.07) is 6.44. The highest BCUT2D eigenvalue weighted by molar-refractivity contribution is 5.35. The summed E-state index contributed by atoms with van der Waals surface area (Å²) < 4.78 is 0. The van der Waals surface area contributed by atoms with Crippen molar-refractivity contribution in [1.82, 2.24) is 10.2 Å². The van der Waals surface area contributed by atoms with E-state index in [2.05, 4.69) is 30.1 Å². The number of nitrogens with one attached hydrogen (secondary N) is 1. The molecule has 0 bridgehead atoms. The van der Waals surface area contributed by atoms with Crippen molar-refractivity contribution in [2.75, 3.05) is 19.6 Å². The molecule has 1 aliphatic heterocycles. The van der Waals surface area contributed by atoms with E-state index in [9.17, 15) is 5.11 Å². The first kappa shape index (κ1) is 11.4. The van der Waals surface area contributed by atoms with Crippen LogP contribution in [0.5, 0.6) is 5.75 Å². The third-order valence-electron chi connectivity index (χ3n) is 3.29. The zero-order valence-corrected chi connectivity index (χ0v) is 10.0. The molecule has 1 heterocycles. The van der Waals surface area contributed by atoms with Gasteiger partial charge in [-0.25, -0.2) is 0 Å². The maximum absolute atomic E-state index is 9.81. The molecule has 0 radical (unpaired) electrons. The predicted octanol–water partition coefficient (Wildman–Crippen LogP) is 1.49. The third-order valence-corrected chi connectivity index (χ3v) is 3.29. The summed E-state index contributed by atoms with van der Waals surface area (Å²) in [5, 5.41) is 13.1. The fourth-order valence-corrected chi connectivity index (χ4v) is 2.09. The van der Waals surface area contributed by atoms with E-state index in [0.29, 0.717) is 11.8 Å². The number of aryl methyl sites for hydroxylation is 1. The van der Waals surface area contributed by atoms with E-state index < -0.39 is 0 Å². The molecule has 1 aromatic rings. The van der Waals surface area contributed by atoms with Crippen molar-refractivity contribution in [3.8, 4) is 5.75 Å². The molecule has 1 fully saturated rings. The van der Waals surface area contributed by atoms with Crippen LogP contribution in [0.1, 0.15) is 18.1 Å². The lowest BCUT2D eigenvalue weighted by Crippen LogP contribution is -2.56. The Morgan fingerprint density at radius 2 is 2.19 bits per heavy atom. The van der Waals surface area contributed by atoms with Crippen molar-refractivity contribution in [2.24, 2.45) is 0 Å². The molecule has 0 amide bonds. The van der Waals surface area contributed by atoms with Gasteiger partial charge in [-0.2, -0.15) is 0 Å².